The maximum atomic E-state index is 13.6. The molecular formula is C25H27NO2. The summed E-state index contributed by atoms with van der Waals surface area (Å²) < 4.78 is 5.77. The highest BCUT2D eigenvalue weighted by Crippen LogP contribution is 2.43. The Morgan fingerprint density at radius 2 is 1.75 bits per heavy atom. The van der Waals surface area contributed by atoms with Crippen molar-refractivity contribution in [2.45, 2.75) is 44.9 Å². The summed E-state index contributed by atoms with van der Waals surface area (Å²) in [5, 5.41) is 5.30. The predicted octanol–water partition coefficient (Wildman–Crippen LogP) is 6.00. The molecule has 4 rings (SSSR count). The first-order valence-electron chi connectivity index (χ1n) is 10.2. The van der Waals surface area contributed by atoms with E-state index in [1.54, 1.807) is 0 Å². The lowest BCUT2D eigenvalue weighted by Crippen LogP contribution is -2.38. The number of ether oxygens (including phenoxy) is 1. The normalized spacial score (nSPS) is 15.5. The number of nitrogens with one attached hydrogen (secondary N) is 1. The van der Waals surface area contributed by atoms with Gasteiger partial charge in [0.1, 0.15) is 5.75 Å². The van der Waals surface area contributed by atoms with E-state index in [1.807, 2.05) is 43.3 Å². The molecule has 3 aromatic rings. The van der Waals surface area contributed by atoms with Gasteiger partial charge in [0, 0.05) is 16.5 Å². The van der Waals surface area contributed by atoms with Crippen LogP contribution in [0.15, 0.2) is 60.7 Å². The van der Waals surface area contributed by atoms with Crippen molar-refractivity contribution in [3.05, 3.63) is 71.8 Å². The van der Waals surface area contributed by atoms with Crippen LogP contribution in [0.3, 0.4) is 0 Å². The van der Waals surface area contributed by atoms with Crippen LogP contribution in [0.25, 0.3) is 10.8 Å². The van der Waals surface area contributed by atoms with Crippen LogP contribution in [0.5, 0.6) is 5.75 Å². The Balaban J connectivity index is 1.72. The summed E-state index contributed by atoms with van der Waals surface area (Å²) in [7, 11) is 0. The van der Waals surface area contributed by atoms with Crippen LogP contribution < -0.4 is 10.1 Å². The number of benzene rings is 3. The molecule has 0 heterocycles. The fourth-order valence-electron chi connectivity index (χ4n) is 4.47. The van der Waals surface area contributed by atoms with Crippen molar-refractivity contribution in [3.8, 4) is 5.75 Å². The Bertz CT molecular complexity index is 1000. The molecule has 0 aliphatic heterocycles. The number of aryl methyl sites for hydroxylation is 1. The zero-order valence-corrected chi connectivity index (χ0v) is 16.6. The van der Waals surface area contributed by atoms with Crippen molar-refractivity contribution in [1.82, 2.24) is 0 Å². The first-order valence-corrected chi connectivity index (χ1v) is 10.2. The minimum atomic E-state index is -0.439. The summed E-state index contributed by atoms with van der Waals surface area (Å²) >= 11 is 0. The SMILES string of the molecule is CCOc1ccc(NC(=O)C2(c3cccc(C)c3)CCCC2)c2ccccc12. The van der Waals surface area contributed by atoms with Crippen molar-refractivity contribution in [1.29, 1.82) is 0 Å². The number of hydrogen-bond donors (Lipinski definition) is 1. The lowest BCUT2D eigenvalue weighted by molar-refractivity contribution is -0.121. The van der Waals surface area contributed by atoms with Gasteiger partial charge in [-0.15, -0.1) is 0 Å². The zero-order valence-electron chi connectivity index (χ0n) is 16.6. The van der Waals surface area contributed by atoms with E-state index in [0.717, 1.165) is 53.5 Å². The number of carbonyl (C=O) groups excluding carboxylic acids is 1. The van der Waals surface area contributed by atoms with E-state index >= 15 is 0 Å². The van der Waals surface area contributed by atoms with E-state index in [0.29, 0.717) is 6.61 Å². The molecule has 3 nitrogen and oxygen atoms in total. The van der Waals surface area contributed by atoms with Crippen molar-refractivity contribution in [3.63, 3.8) is 0 Å². The molecule has 1 aliphatic rings. The topological polar surface area (TPSA) is 38.3 Å². The smallest absolute Gasteiger partial charge is 0.235 e. The van der Waals surface area contributed by atoms with E-state index in [-0.39, 0.29) is 5.91 Å². The molecule has 1 aliphatic carbocycles. The molecule has 28 heavy (non-hydrogen) atoms. The molecule has 144 valence electrons. The Morgan fingerprint density at radius 3 is 2.46 bits per heavy atom. The van der Waals surface area contributed by atoms with Gasteiger partial charge in [0.25, 0.3) is 0 Å². The molecule has 3 aromatic carbocycles. The largest absolute Gasteiger partial charge is 0.493 e. The molecule has 1 saturated carbocycles. The maximum absolute atomic E-state index is 13.6. The molecular weight excluding hydrogens is 346 g/mol. The Labute approximate surface area is 166 Å². The second kappa shape index (κ2) is 7.67. The van der Waals surface area contributed by atoms with Crippen LogP contribution in [0.2, 0.25) is 0 Å². The van der Waals surface area contributed by atoms with Crippen LogP contribution in [-0.4, -0.2) is 12.5 Å². The van der Waals surface area contributed by atoms with Crippen molar-refractivity contribution in [2.75, 3.05) is 11.9 Å². The highest BCUT2D eigenvalue weighted by molar-refractivity contribution is 6.07. The molecule has 0 radical (unpaired) electrons. The maximum Gasteiger partial charge on any atom is 0.235 e. The Hall–Kier alpha value is -2.81. The molecule has 0 saturated heterocycles. The van der Waals surface area contributed by atoms with Crippen LogP contribution >= 0.6 is 0 Å². The molecule has 0 bridgehead atoms. The number of amides is 1. The highest BCUT2D eigenvalue weighted by atomic mass is 16.5. The summed E-state index contributed by atoms with van der Waals surface area (Å²) in [6.45, 7) is 4.69. The van der Waals surface area contributed by atoms with E-state index in [4.69, 9.17) is 4.74 Å². The van der Waals surface area contributed by atoms with Gasteiger partial charge in [-0.2, -0.15) is 0 Å². The van der Waals surface area contributed by atoms with E-state index in [9.17, 15) is 4.79 Å². The molecule has 0 unspecified atom stereocenters. The second-order valence-electron chi connectivity index (χ2n) is 7.70. The van der Waals surface area contributed by atoms with Crippen LogP contribution in [0.4, 0.5) is 5.69 Å². The fraction of sp³-hybridized carbons (Fsp3) is 0.320. The number of carbonyl (C=O) groups is 1. The summed E-state index contributed by atoms with van der Waals surface area (Å²) in [5.41, 5.74) is 2.75. The predicted molar refractivity (Wildman–Crippen MR) is 115 cm³/mol. The van der Waals surface area contributed by atoms with Crippen molar-refractivity contribution < 1.29 is 9.53 Å². The lowest BCUT2D eigenvalue weighted by Gasteiger charge is -2.29. The molecule has 1 N–H and O–H groups in total. The second-order valence-corrected chi connectivity index (χ2v) is 7.70. The summed E-state index contributed by atoms with van der Waals surface area (Å²) in [4.78, 5) is 13.6. The lowest BCUT2D eigenvalue weighted by atomic mass is 9.77. The van der Waals surface area contributed by atoms with Gasteiger partial charge < -0.3 is 10.1 Å². The third-order valence-electron chi connectivity index (χ3n) is 5.89. The van der Waals surface area contributed by atoms with E-state index in [2.05, 4.69) is 36.5 Å². The van der Waals surface area contributed by atoms with E-state index in [1.165, 1.54) is 5.56 Å². The number of fused-ring (bicyclic) bond motifs is 1. The summed E-state index contributed by atoms with van der Waals surface area (Å²) in [6.07, 6.45) is 3.98. The fourth-order valence-corrected chi connectivity index (χ4v) is 4.47. The molecule has 1 amide bonds. The van der Waals surface area contributed by atoms with E-state index < -0.39 is 5.41 Å². The average Bonchev–Trinajstić information content (AvgIpc) is 3.21. The monoisotopic (exact) mass is 373 g/mol. The van der Waals surface area contributed by atoms with Crippen LogP contribution in [0, 0.1) is 6.92 Å². The molecule has 0 spiro atoms. The van der Waals surface area contributed by atoms with Crippen LogP contribution in [-0.2, 0) is 10.2 Å². The number of anilines is 1. The van der Waals surface area contributed by atoms with Crippen molar-refractivity contribution >= 4 is 22.4 Å². The standard InChI is InChI=1S/C25H27NO2/c1-3-28-23-14-13-22(20-11-4-5-12-21(20)23)26-24(27)25(15-6-7-16-25)19-10-8-9-18(2)17-19/h4-5,8-14,17H,3,6-7,15-16H2,1-2H3,(H,26,27). The third kappa shape index (κ3) is 3.26. The number of hydrogen-bond acceptors (Lipinski definition) is 2. The molecule has 3 heteroatoms. The van der Waals surface area contributed by atoms with Gasteiger partial charge in [-0.3, -0.25) is 4.79 Å². The van der Waals surface area contributed by atoms with Gasteiger partial charge >= 0.3 is 0 Å². The molecule has 0 aromatic heterocycles. The Kier molecular flexibility index (Phi) is 5.08. The van der Waals surface area contributed by atoms with Gasteiger partial charge in [-0.05, 0) is 44.4 Å². The van der Waals surface area contributed by atoms with Crippen molar-refractivity contribution in [2.24, 2.45) is 0 Å². The van der Waals surface area contributed by atoms with Crippen LogP contribution in [0.1, 0.15) is 43.7 Å². The summed E-state index contributed by atoms with van der Waals surface area (Å²) in [5.74, 6) is 0.954. The average molecular weight is 373 g/mol. The zero-order chi connectivity index (χ0) is 19.6. The van der Waals surface area contributed by atoms with Gasteiger partial charge in [0.05, 0.1) is 12.0 Å². The third-order valence-corrected chi connectivity index (χ3v) is 5.89. The van der Waals surface area contributed by atoms with Gasteiger partial charge in [-0.25, -0.2) is 0 Å². The van der Waals surface area contributed by atoms with Gasteiger partial charge in [-0.1, -0.05) is 66.9 Å². The molecule has 1 fully saturated rings. The Morgan fingerprint density at radius 1 is 1.00 bits per heavy atom. The number of rotatable bonds is 5. The first kappa shape index (κ1) is 18.5. The first-order chi connectivity index (χ1) is 13.6. The molecule has 0 atom stereocenters. The summed E-state index contributed by atoms with van der Waals surface area (Å²) in [6, 6.07) is 20.4. The minimum Gasteiger partial charge on any atom is -0.493 e. The highest BCUT2D eigenvalue weighted by Gasteiger charge is 2.42. The quantitative estimate of drug-likeness (QED) is 0.596. The minimum absolute atomic E-state index is 0.102. The van der Waals surface area contributed by atoms with Gasteiger partial charge in [0.15, 0.2) is 0 Å². The van der Waals surface area contributed by atoms with Gasteiger partial charge in [0.2, 0.25) is 5.91 Å².